The Hall–Kier alpha value is -2.68. The lowest BCUT2D eigenvalue weighted by Gasteiger charge is -2.33. The summed E-state index contributed by atoms with van der Waals surface area (Å²) in [7, 11) is 0. The number of nitrogens with one attached hydrogen (secondary N) is 1. The summed E-state index contributed by atoms with van der Waals surface area (Å²) in [6.07, 6.45) is 1.96. The van der Waals surface area contributed by atoms with E-state index in [0.29, 0.717) is 17.4 Å². The van der Waals surface area contributed by atoms with Crippen LogP contribution in [0, 0.1) is 32.1 Å². The Labute approximate surface area is 142 Å². The van der Waals surface area contributed by atoms with Gasteiger partial charge in [0, 0.05) is 24.8 Å². The molecule has 0 saturated carbocycles. The van der Waals surface area contributed by atoms with Gasteiger partial charge in [0.15, 0.2) is 5.82 Å². The number of hydrogen-bond donors (Lipinski definition) is 1. The molecule has 0 atom stereocenters. The van der Waals surface area contributed by atoms with Crippen LogP contribution >= 0.6 is 0 Å². The molecule has 1 saturated heterocycles. The highest BCUT2D eigenvalue weighted by molar-refractivity contribution is 5.57. The van der Waals surface area contributed by atoms with Crippen LogP contribution in [0.25, 0.3) is 0 Å². The van der Waals surface area contributed by atoms with E-state index in [0.717, 1.165) is 48.7 Å². The zero-order valence-electron chi connectivity index (χ0n) is 14.4. The largest absolute Gasteiger partial charge is 0.367 e. The van der Waals surface area contributed by atoms with E-state index in [9.17, 15) is 5.26 Å². The molecule has 2 aromatic heterocycles. The van der Waals surface area contributed by atoms with E-state index in [4.69, 9.17) is 0 Å². The molecular weight excluding hydrogens is 300 g/mol. The molecule has 3 heterocycles. The Morgan fingerprint density at radius 3 is 2.58 bits per heavy atom. The van der Waals surface area contributed by atoms with Crippen LogP contribution in [0.2, 0.25) is 0 Å². The highest BCUT2D eigenvalue weighted by atomic mass is 15.3. The van der Waals surface area contributed by atoms with Gasteiger partial charge in [-0.2, -0.15) is 10.4 Å². The number of hydrogen-bond acceptors (Lipinski definition) is 6. The number of nitrogens with zero attached hydrogens (tertiary/aromatic N) is 5. The molecule has 0 unspecified atom stereocenters. The maximum Gasteiger partial charge on any atom is 0.169 e. The summed E-state index contributed by atoms with van der Waals surface area (Å²) in [5, 5.41) is 21.4. The number of nitriles is 1. The highest BCUT2D eigenvalue weighted by Crippen LogP contribution is 2.25. The normalized spacial score (nSPS) is 15.2. The first kappa shape index (κ1) is 16.2. The number of rotatable bonds is 3. The molecule has 3 rings (SSSR count). The van der Waals surface area contributed by atoms with Gasteiger partial charge in [-0.05, 0) is 51.3 Å². The lowest BCUT2D eigenvalue weighted by molar-refractivity contribution is 0.520. The van der Waals surface area contributed by atoms with Crippen molar-refractivity contribution < 1.29 is 0 Å². The quantitative estimate of drug-likeness (QED) is 0.936. The third kappa shape index (κ3) is 3.30. The fraction of sp³-hybridized carbons (Fsp3) is 0.444. The van der Waals surface area contributed by atoms with E-state index in [1.165, 1.54) is 0 Å². The third-order valence-corrected chi connectivity index (χ3v) is 4.58. The van der Waals surface area contributed by atoms with Crippen LogP contribution in [0.4, 0.5) is 11.6 Å². The lowest BCUT2D eigenvalue weighted by Crippen LogP contribution is -2.40. The van der Waals surface area contributed by atoms with Gasteiger partial charge in [-0.25, -0.2) is 4.98 Å². The molecule has 1 N–H and O–H groups in total. The monoisotopic (exact) mass is 322 g/mol. The van der Waals surface area contributed by atoms with Crippen molar-refractivity contribution in [3.8, 4) is 6.07 Å². The topological polar surface area (TPSA) is 77.7 Å². The minimum Gasteiger partial charge on any atom is -0.367 e. The van der Waals surface area contributed by atoms with Crippen LogP contribution in [-0.4, -0.2) is 34.3 Å². The zero-order valence-corrected chi connectivity index (χ0v) is 14.4. The SMILES string of the molecule is Cc1cccc(NC2CCN(c3nnc(C)c(C)c3C#N)CC2)n1. The third-order valence-electron chi connectivity index (χ3n) is 4.58. The Kier molecular flexibility index (Phi) is 4.61. The second kappa shape index (κ2) is 6.83. The van der Waals surface area contributed by atoms with Gasteiger partial charge < -0.3 is 10.2 Å². The van der Waals surface area contributed by atoms with Crippen molar-refractivity contribution in [2.75, 3.05) is 23.3 Å². The molecule has 24 heavy (non-hydrogen) atoms. The minimum atomic E-state index is 0.389. The van der Waals surface area contributed by atoms with Gasteiger partial charge >= 0.3 is 0 Å². The molecule has 0 amide bonds. The van der Waals surface area contributed by atoms with Crippen LogP contribution in [0.1, 0.15) is 35.4 Å². The molecule has 1 aliphatic rings. The van der Waals surface area contributed by atoms with Crippen molar-refractivity contribution in [3.05, 3.63) is 40.7 Å². The predicted octanol–water partition coefficient (Wildman–Crippen LogP) is 2.75. The summed E-state index contributed by atoms with van der Waals surface area (Å²) in [4.78, 5) is 6.67. The van der Waals surface area contributed by atoms with Gasteiger partial charge in [0.05, 0.1) is 5.69 Å². The van der Waals surface area contributed by atoms with Crippen LogP contribution < -0.4 is 10.2 Å². The van der Waals surface area contributed by atoms with Gasteiger partial charge in [-0.1, -0.05) is 6.07 Å². The Morgan fingerprint density at radius 2 is 1.92 bits per heavy atom. The molecule has 0 spiro atoms. The van der Waals surface area contributed by atoms with Crippen molar-refractivity contribution >= 4 is 11.6 Å². The van der Waals surface area contributed by atoms with E-state index in [-0.39, 0.29) is 0 Å². The average molecular weight is 322 g/mol. The molecule has 0 radical (unpaired) electrons. The molecule has 0 aromatic carbocycles. The van der Waals surface area contributed by atoms with Crippen LogP contribution in [-0.2, 0) is 0 Å². The summed E-state index contributed by atoms with van der Waals surface area (Å²) in [5.74, 6) is 1.64. The van der Waals surface area contributed by atoms with E-state index in [1.807, 2.05) is 39.0 Å². The summed E-state index contributed by atoms with van der Waals surface area (Å²) in [6.45, 7) is 7.53. The number of anilines is 2. The second-order valence-corrected chi connectivity index (χ2v) is 6.29. The second-order valence-electron chi connectivity index (χ2n) is 6.29. The molecule has 6 nitrogen and oxygen atoms in total. The Morgan fingerprint density at radius 1 is 1.17 bits per heavy atom. The summed E-state index contributed by atoms with van der Waals surface area (Å²) < 4.78 is 0. The first-order valence-corrected chi connectivity index (χ1v) is 8.27. The molecule has 6 heteroatoms. The van der Waals surface area contributed by atoms with Gasteiger partial charge in [-0.15, -0.1) is 5.10 Å². The molecule has 0 aliphatic carbocycles. The molecule has 2 aromatic rings. The van der Waals surface area contributed by atoms with E-state index in [1.54, 1.807) is 0 Å². The molecular formula is C18H22N6. The summed E-state index contributed by atoms with van der Waals surface area (Å²) in [6, 6.07) is 8.69. The Balaban J connectivity index is 1.68. The van der Waals surface area contributed by atoms with Crippen LogP contribution in [0.5, 0.6) is 0 Å². The Bertz CT molecular complexity index is 772. The number of aromatic nitrogens is 3. The van der Waals surface area contributed by atoms with Crippen LogP contribution in [0.15, 0.2) is 18.2 Å². The van der Waals surface area contributed by atoms with Crippen molar-refractivity contribution in [2.24, 2.45) is 0 Å². The number of aryl methyl sites for hydroxylation is 2. The predicted molar refractivity (Wildman–Crippen MR) is 94.1 cm³/mol. The van der Waals surface area contributed by atoms with Gasteiger partial charge in [0.1, 0.15) is 17.5 Å². The van der Waals surface area contributed by atoms with Gasteiger partial charge in [0.2, 0.25) is 0 Å². The highest BCUT2D eigenvalue weighted by Gasteiger charge is 2.23. The first-order valence-electron chi connectivity index (χ1n) is 8.27. The van der Waals surface area contributed by atoms with Crippen molar-refractivity contribution in [3.63, 3.8) is 0 Å². The van der Waals surface area contributed by atoms with E-state index in [2.05, 4.69) is 31.5 Å². The maximum absolute atomic E-state index is 9.46. The number of pyridine rings is 1. The van der Waals surface area contributed by atoms with E-state index >= 15 is 0 Å². The molecule has 124 valence electrons. The van der Waals surface area contributed by atoms with Crippen molar-refractivity contribution in [2.45, 2.75) is 39.7 Å². The van der Waals surface area contributed by atoms with Crippen molar-refractivity contribution in [1.82, 2.24) is 15.2 Å². The fourth-order valence-electron chi connectivity index (χ4n) is 3.02. The molecule has 0 bridgehead atoms. The summed E-state index contributed by atoms with van der Waals surface area (Å²) >= 11 is 0. The van der Waals surface area contributed by atoms with E-state index < -0.39 is 0 Å². The first-order chi connectivity index (χ1) is 11.6. The summed E-state index contributed by atoms with van der Waals surface area (Å²) in [5.41, 5.74) is 3.40. The smallest absolute Gasteiger partial charge is 0.169 e. The standard InChI is InChI=1S/C18H22N6/c1-12-5-4-6-17(20-12)21-15-7-9-24(10-8-15)18-16(11-19)13(2)14(3)22-23-18/h4-6,15H,7-10H2,1-3H3,(H,20,21). The van der Waals surface area contributed by atoms with Gasteiger partial charge in [-0.3, -0.25) is 0 Å². The van der Waals surface area contributed by atoms with Crippen LogP contribution in [0.3, 0.4) is 0 Å². The molecule has 1 fully saturated rings. The average Bonchev–Trinajstić information content (AvgIpc) is 2.58. The fourth-order valence-corrected chi connectivity index (χ4v) is 3.02. The molecule has 1 aliphatic heterocycles. The lowest BCUT2D eigenvalue weighted by atomic mass is 10.0. The van der Waals surface area contributed by atoms with Crippen molar-refractivity contribution in [1.29, 1.82) is 5.26 Å². The van der Waals surface area contributed by atoms with Gasteiger partial charge in [0.25, 0.3) is 0 Å². The zero-order chi connectivity index (χ0) is 17.1. The number of piperidine rings is 1. The maximum atomic E-state index is 9.46. The minimum absolute atomic E-state index is 0.389.